The maximum Gasteiger partial charge on any atom is 0.269 e. The third-order valence-corrected chi connectivity index (χ3v) is 6.55. The first-order chi connectivity index (χ1) is 14.4. The van der Waals surface area contributed by atoms with E-state index in [1.165, 1.54) is 28.6 Å². The average molecular weight is 433 g/mol. The Labute approximate surface area is 175 Å². The van der Waals surface area contributed by atoms with Gasteiger partial charge in [0.05, 0.1) is 18.6 Å². The Bertz CT molecular complexity index is 1000. The highest BCUT2D eigenvalue weighted by Gasteiger charge is 2.27. The Morgan fingerprint density at radius 2 is 1.73 bits per heavy atom. The predicted molar refractivity (Wildman–Crippen MR) is 112 cm³/mol. The van der Waals surface area contributed by atoms with E-state index < -0.39 is 21.8 Å². The molecule has 2 amide bonds. The molecule has 0 aliphatic carbocycles. The van der Waals surface area contributed by atoms with E-state index in [1.54, 1.807) is 31.4 Å². The van der Waals surface area contributed by atoms with Gasteiger partial charge in [-0.25, -0.2) is 8.42 Å². The summed E-state index contributed by atoms with van der Waals surface area (Å²) in [6.07, 6.45) is 1.66. The molecule has 0 atom stereocenters. The Morgan fingerprint density at radius 1 is 1.03 bits per heavy atom. The summed E-state index contributed by atoms with van der Waals surface area (Å²) in [6.45, 7) is 0.905. The molecule has 10 heteroatoms. The molecule has 1 fully saturated rings. The summed E-state index contributed by atoms with van der Waals surface area (Å²) in [5.41, 5.74) is 5.45. The van der Waals surface area contributed by atoms with Crippen molar-refractivity contribution < 1.29 is 22.7 Å². The molecule has 9 nitrogen and oxygen atoms in total. The van der Waals surface area contributed by atoms with E-state index in [0.29, 0.717) is 18.8 Å². The minimum Gasteiger partial charge on any atom is -0.497 e. The number of anilines is 1. The van der Waals surface area contributed by atoms with Gasteiger partial charge in [-0.05, 0) is 55.3 Å². The molecule has 0 bridgehead atoms. The second kappa shape index (κ2) is 9.59. The molecule has 3 N–H and O–H groups in total. The van der Waals surface area contributed by atoms with E-state index in [2.05, 4.69) is 16.2 Å². The van der Waals surface area contributed by atoms with Gasteiger partial charge < -0.3 is 10.1 Å². The lowest BCUT2D eigenvalue weighted by molar-refractivity contribution is -0.120. The molecule has 0 unspecified atom stereocenters. The van der Waals surface area contributed by atoms with Crippen molar-refractivity contribution in [2.75, 3.05) is 32.1 Å². The zero-order chi connectivity index (χ0) is 21.6. The molecular formula is C20H24N4O5S. The van der Waals surface area contributed by atoms with Crippen molar-refractivity contribution in [2.24, 2.45) is 0 Å². The summed E-state index contributed by atoms with van der Waals surface area (Å²) in [6, 6.07) is 12.8. The minimum atomic E-state index is -3.62. The lowest BCUT2D eigenvalue weighted by Gasteiger charge is -2.16. The number of hydrazine groups is 1. The van der Waals surface area contributed by atoms with Crippen molar-refractivity contribution in [1.82, 2.24) is 15.2 Å². The molecule has 160 valence electrons. The van der Waals surface area contributed by atoms with Gasteiger partial charge in [-0.3, -0.25) is 20.4 Å². The quantitative estimate of drug-likeness (QED) is 0.569. The number of nitrogens with one attached hydrogen (secondary N) is 3. The van der Waals surface area contributed by atoms with Gasteiger partial charge >= 0.3 is 0 Å². The summed E-state index contributed by atoms with van der Waals surface area (Å²) in [5.74, 6) is -0.363. The second-order valence-electron chi connectivity index (χ2n) is 6.72. The fourth-order valence-electron chi connectivity index (χ4n) is 3.01. The zero-order valence-electron chi connectivity index (χ0n) is 16.6. The molecule has 1 aliphatic rings. The second-order valence-corrected chi connectivity index (χ2v) is 8.66. The van der Waals surface area contributed by atoms with Gasteiger partial charge in [-0.15, -0.1) is 0 Å². The maximum absolute atomic E-state index is 12.6. The third kappa shape index (κ3) is 5.28. The van der Waals surface area contributed by atoms with Gasteiger partial charge in [-0.2, -0.15) is 4.31 Å². The number of carbonyl (C=O) groups excluding carboxylic acids is 2. The monoisotopic (exact) mass is 432 g/mol. The molecule has 1 saturated heterocycles. The van der Waals surface area contributed by atoms with Crippen LogP contribution in [-0.4, -0.2) is 51.3 Å². The summed E-state index contributed by atoms with van der Waals surface area (Å²) < 4.78 is 31.8. The van der Waals surface area contributed by atoms with Crippen LogP contribution in [0.25, 0.3) is 0 Å². The predicted octanol–water partition coefficient (Wildman–Crippen LogP) is 1.35. The van der Waals surface area contributed by atoms with Crippen molar-refractivity contribution in [3.8, 4) is 5.75 Å². The number of sulfonamides is 1. The molecule has 0 saturated carbocycles. The average Bonchev–Trinajstić information content (AvgIpc) is 3.32. The third-order valence-electron chi connectivity index (χ3n) is 4.66. The van der Waals surface area contributed by atoms with E-state index in [9.17, 15) is 18.0 Å². The van der Waals surface area contributed by atoms with E-state index in [4.69, 9.17) is 4.74 Å². The first-order valence-corrected chi connectivity index (χ1v) is 10.9. The van der Waals surface area contributed by atoms with Crippen molar-refractivity contribution in [1.29, 1.82) is 0 Å². The number of carbonyl (C=O) groups is 2. The van der Waals surface area contributed by atoms with Crippen LogP contribution in [0.2, 0.25) is 0 Å². The lowest BCUT2D eigenvalue weighted by atomic mass is 10.2. The van der Waals surface area contributed by atoms with Crippen LogP contribution in [-0.2, 0) is 14.8 Å². The smallest absolute Gasteiger partial charge is 0.269 e. The molecule has 0 aromatic heterocycles. The summed E-state index contributed by atoms with van der Waals surface area (Å²) in [7, 11) is -2.06. The van der Waals surface area contributed by atoms with Gasteiger partial charge in [-0.1, -0.05) is 6.07 Å². The van der Waals surface area contributed by atoms with Crippen LogP contribution in [0.1, 0.15) is 23.2 Å². The van der Waals surface area contributed by atoms with E-state index >= 15 is 0 Å². The van der Waals surface area contributed by atoms with E-state index in [0.717, 1.165) is 18.5 Å². The van der Waals surface area contributed by atoms with Crippen LogP contribution in [0.5, 0.6) is 5.75 Å². The van der Waals surface area contributed by atoms with Gasteiger partial charge in [0.1, 0.15) is 5.75 Å². The van der Waals surface area contributed by atoms with E-state index in [1.807, 2.05) is 0 Å². The van der Waals surface area contributed by atoms with Crippen molar-refractivity contribution >= 4 is 27.5 Å². The molecule has 2 aromatic rings. The highest BCUT2D eigenvalue weighted by Crippen LogP contribution is 2.21. The van der Waals surface area contributed by atoms with Crippen molar-refractivity contribution in [3.05, 3.63) is 54.1 Å². The fraction of sp³-hybridized carbons (Fsp3) is 0.300. The van der Waals surface area contributed by atoms with Gasteiger partial charge in [0.25, 0.3) is 11.8 Å². The molecule has 1 heterocycles. The Morgan fingerprint density at radius 3 is 2.40 bits per heavy atom. The molecule has 30 heavy (non-hydrogen) atoms. The van der Waals surface area contributed by atoms with Crippen LogP contribution in [0, 0.1) is 0 Å². The Kier molecular flexibility index (Phi) is 6.91. The number of amides is 2. The topological polar surface area (TPSA) is 117 Å². The van der Waals surface area contributed by atoms with Gasteiger partial charge in [0.2, 0.25) is 10.0 Å². The maximum atomic E-state index is 12.6. The Hall–Kier alpha value is -3.11. The summed E-state index contributed by atoms with van der Waals surface area (Å²) >= 11 is 0. The highest BCUT2D eigenvalue weighted by molar-refractivity contribution is 7.89. The van der Waals surface area contributed by atoms with Crippen LogP contribution in [0.3, 0.4) is 0 Å². The minimum absolute atomic E-state index is 0.0595. The number of nitrogens with zero attached hydrogens (tertiary/aromatic N) is 1. The number of methoxy groups -OCH3 is 1. The van der Waals surface area contributed by atoms with Crippen molar-refractivity contribution in [2.45, 2.75) is 17.7 Å². The number of hydrogen-bond donors (Lipinski definition) is 3. The summed E-state index contributed by atoms with van der Waals surface area (Å²) in [4.78, 5) is 24.3. The zero-order valence-corrected chi connectivity index (χ0v) is 17.4. The molecule has 1 aliphatic heterocycles. The molecular weight excluding hydrogens is 408 g/mol. The highest BCUT2D eigenvalue weighted by atomic mass is 32.2. The van der Waals surface area contributed by atoms with Crippen LogP contribution in [0.4, 0.5) is 5.69 Å². The largest absolute Gasteiger partial charge is 0.497 e. The van der Waals surface area contributed by atoms with E-state index in [-0.39, 0.29) is 17.0 Å². The van der Waals surface area contributed by atoms with Crippen LogP contribution in [0.15, 0.2) is 53.4 Å². The lowest BCUT2D eigenvalue weighted by Crippen LogP contribution is -2.44. The SMILES string of the molecule is COc1ccc(NCC(=O)NNC(=O)c2cccc(S(=O)(=O)N3CCCC3)c2)cc1. The first-order valence-electron chi connectivity index (χ1n) is 9.47. The summed E-state index contributed by atoms with van der Waals surface area (Å²) in [5, 5.41) is 2.92. The number of ether oxygens (including phenoxy) is 1. The number of benzene rings is 2. The fourth-order valence-corrected chi connectivity index (χ4v) is 4.57. The molecule has 2 aromatic carbocycles. The van der Waals surface area contributed by atoms with Crippen LogP contribution >= 0.6 is 0 Å². The Balaban J connectivity index is 1.53. The molecule has 3 rings (SSSR count). The number of rotatable bonds is 7. The van der Waals surface area contributed by atoms with Crippen molar-refractivity contribution in [3.63, 3.8) is 0 Å². The first kappa shape index (κ1) is 21.6. The van der Waals surface area contributed by atoms with Gasteiger partial charge in [0, 0.05) is 24.3 Å². The number of hydrogen-bond acceptors (Lipinski definition) is 6. The van der Waals surface area contributed by atoms with Gasteiger partial charge in [0.15, 0.2) is 0 Å². The molecule has 0 radical (unpaired) electrons. The molecule has 0 spiro atoms. The van der Waals surface area contributed by atoms with Crippen LogP contribution < -0.4 is 20.9 Å². The standard InChI is InChI=1S/C20H24N4O5S/c1-29-17-9-7-16(8-10-17)21-14-19(25)22-23-20(26)15-5-4-6-18(13-15)30(27,28)24-11-2-3-12-24/h4-10,13,21H,2-3,11-12,14H2,1H3,(H,22,25)(H,23,26). The normalized spacial score (nSPS) is 14.2.